The molecule has 5 rings (SSSR count). The molecule has 0 radical (unpaired) electrons. The molecule has 0 aliphatic rings. The number of nitro benzene ring substituents is 1. The fourth-order valence-corrected chi connectivity index (χ4v) is 3.97. The summed E-state index contributed by atoms with van der Waals surface area (Å²) in [5.41, 5.74) is 6.52. The number of nitrogens with one attached hydrogen (secondary N) is 1. The average Bonchev–Trinajstić information content (AvgIpc) is 2.89. The SMILES string of the molecule is Cc1ccc(NC(=O)c2ccc3nc(-c4ccc([N+](=O)[O-])cc4)cc(-c4ccccc4)c3c2)cc1. The van der Waals surface area contributed by atoms with Gasteiger partial charge >= 0.3 is 0 Å². The van der Waals surface area contributed by atoms with Crippen molar-refractivity contribution < 1.29 is 9.72 Å². The van der Waals surface area contributed by atoms with Crippen molar-refractivity contribution in [3.05, 3.63) is 124 Å². The molecule has 4 aromatic carbocycles. The number of carbonyl (C=O) groups is 1. The molecule has 1 aromatic heterocycles. The van der Waals surface area contributed by atoms with E-state index in [2.05, 4.69) is 5.32 Å². The average molecular weight is 460 g/mol. The summed E-state index contributed by atoms with van der Waals surface area (Å²) < 4.78 is 0. The minimum Gasteiger partial charge on any atom is -0.322 e. The third kappa shape index (κ3) is 4.63. The lowest BCUT2D eigenvalue weighted by atomic mass is 9.97. The van der Waals surface area contributed by atoms with Crippen LogP contribution in [0.1, 0.15) is 15.9 Å². The van der Waals surface area contributed by atoms with Crippen LogP contribution in [0.5, 0.6) is 0 Å². The molecule has 1 N–H and O–H groups in total. The van der Waals surface area contributed by atoms with E-state index < -0.39 is 4.92 Å². The minimum atomic E-state index is -0.420. The van der Waals surface area contributed by atoms with Gasteiger partial charge in [-0.2, -0.15) is 0 Å². The van der Waals surface area contributed by atoms with Gasteiger partial charge in [-0.15, -0.1) is 0 Å². The Balaban J connectivity index is 1.59. The molecule has 1 amide bonds. The molecule has 0 unspecified atom stereocenters. The molecular formula is C29H21N3O3. The Labute approximate surface area is 202 Å². The van der Waals surface area contributed by atoms with E-state index in [4.69, 9.17) is 4.98 Å². The topological polar surface area (TPSA) is 85.1 Å². The molecule has 0 aliphatic heterocycles. The summed E-state index contributed by atoms with van der Waals surface area (Å²) in [5, 5.41) is 14.8. The number of carbonyl (C=O) groups excluding carboxylic acids is 1. The van der Waals surface area contributed by atoms with Gasteiger partial charge in [-0.25, -0.2) is 4.98 Å². The molecule has 170 valence electrons. The molecule has 6 heteroatoms. The van der Waals surface area contributed by atoms with Crippen LogP contribution in [0, 0.1) is 17.0 Å². The molecule has 1 heterocycles. The highest BCUT2D eigenvalue weighted by Crippen LogP contribution is 2.33. The van der Waals surface area contributed by atoms with Gasteiger partial charge in [-0.1, -0.05) is 48.0 Å². The Bertz CT molecular complexity index is 1550. The number of nitrogens with zero attached hydrogens (tertiary/aromatic N) is 2. The van der Waals surface area contributed by atoms with E-state index in [0.29, 0.717) is 11.3 Å². The number of aromatic nitrogens is 1. The van der Waals surface area contributed by atoms with Crippen molar-refractivity contribution >= 4 is 28.2 Å². The number of nitro groups is 1. The molecule has 0 aliphatic carbocycles. The van der Waals surface area contributed by atoms with Crippen LogP contribution in [-0.4, -0.2) is 15.8 Å². The van der Waals surface area contributed by atoms with Gasteiger partial charge in [0.15, 0.2) is 0 Å². The summed E-state index contributed by atoms with van der Waals surface area (Å²) in [6.45, 7) is 2.00. The fraction of sp³-hybridized carbons (Fsp3) is 0.0345. The molecule has 0 atom stereocenters. The largest absolute Gasteiger partial charge is 0.322 e. The zero-order valence-electron chi connectivity index (χ0n) is 18.9. The molecule has 0 spiro atoms. The van der Waals surface area contributed by atoms with E-state index in [9.17, 15) is 14.9 Å². The number of amides is 1. The summed E-state index contributed by atoms with van der Waals surface area (Å²) >= 11 is 0. The van der Waals surface area contributed by atoms with Crippen LogP contribution in [0.25, 0.3) is 33.3 Å². The Morgan fingerprint density at radius 2 is 1.54 bits per heavy atom. The number of rotatable bonds is 5. The molecule has 35 heavy (non-hydrogen) atoms. The third-order valence-electron chi connectivity index (χ3n) is 5.84. The molecule has 0 saturated heterocycles. The zero-order valence-corrected chi connectivity index (χ0v) is 18.9. The summed E-state index contributed by atoms with van der Waals surface area (Å²) in [5.74, 6) is -0.200. The number of anilines is 1. The smallest absolute Gasteiger partial charge is 0.269 e. The van der Waals surface area contributed by atoms with Crippen LogP contribution in [0.3, 0.4) is 0 Å². The predicted molar refractivity (Wildman–Crippen MR) is 138 cm³/mol. The van der Waals surface area contributed by atoms with Crippen LogP contribution in [-0.2, 0) is 0 Å². The summed E-state index contributed by atoms with van der Waals surface area (Å²) in [4.78, 5) is 28.4. The molecule has 0 saturated carbocycles. The number of aryl methyl sites for hydroxylation is 1. The van der Waals surface area contributed by atoms with E-state index >= 15 is 0 Å². The van der Waals surface area contributed by atoms with Crippen molar-refractivity contribution in [3.8, 4) is 22.4 Å². The Morgan fingerprint density at radius 1 is 0.829 bits per heavy atom. The van der Waals surface area contributed by atoms with Gasteiger partial charge in [0.1, 0.15) is 0 Å². The zero-order chi connectivity index (χ0) is 24.4. The summed E-state index contributed by atoms with van der Waals surface area (Å²) in [6, 6.07) is 31.3. The van der Waals surface area contributed by atoms with Gasteiger partial charge in [-0.05, 0) is 66.6 Å². The summed E-state index contributed by atoms with van der Waals surface area (Å²) in [7, 11) is 0. The second kappa shape index (κ2) is 9.19. The van der Waals surface area contributed by atoms with Crippen molar-refractivity contribution in [2.45, 2.75) is 6.92 Å². The van der Waals surface area contributed by atoms with Gasteiger partial charge in [0.05, 0.1) is 16.1 Å². The maximum Gasteiger partial charge on any atom is 0.269 e. The lowest BCUT2D eigenvalue weighted by molar-refractivity contribution is -0.384. The summed E-state index contributed by atoms with van der Waals surface area (Å²) in [6.07, 6.45) is 0. The van der Waals surface area contributed by atoms with Gasteiger partial charge in [0.25, 0.3) is 11.6 Å². The second-order valence-electron chi connectivity index (χ2n) is 8.28. The third-order valence-corrected chi connectivity index (χ3v) is 5.84. The lowest BCUT2D eigenvalue weighted by Gasteiger charge is -2.12. The van der Waals surface area contributed by atoms with Crippen LogP contribution >= 0.6 is 0 Å². The van der Waals surface area contributed by atoms with Gasteiger partial charge in [-0.3, -0.25) is 14.9 Å². The highest BCUT2D eigenvalue weighted by Gasteiger charge is 2.14. The maximum atomic E-state index is 13.0. The van der Waals surface area contributed by atoms with Crippen molar-refractivity contribution in [3.63, 3.8) is 0 Å². The number of hydrogen-bond acceptors (Lipinski definition) is 4. The first kappa shape index (κ1) is 22.0. The van der Waals surface area contributed by atoms with Gasteiger partial charge in [0.2, 0.25) is 0 Å². The normalized spacial score (nSPS) is 10.8. The lowest BCUT2D eigenvalue weighted by Crippen LogP contribution is -2.11. The van der Waals surface area contributed by atoms with Crippen LogP contribution < -0.4 is 5.32 Å². The number of pyridine rings is 1. The van der Waals surface area contributed by atoms with E-state index in [-0.39, 0.29) is 11.6 Å². The van der Waals surface area contributed by atoms with Crippen molar-refractivity contribution in [1.29, 1.82) is 0 Å². The standard InChI is InChI=1S/C29H21N3O3/c1-19-7-12-23(13-8-19)30-29(33)22-11-16-27-26(17-22)25(20-5-3-2-4-6-20)18-28(31-27)21-9-14-24(15-10-21)32(34)35/h2-18H,1H3,(H,30,33). The van der Waals surface area contributed by atoms with E-state index in [1.54, 1.807) is 18.2 Å². The van der Waals surface area contributed by atoms with Crippen molar-refractivity contribution in [1.82, 2.24) is 4.98 Å². The number of non-ortho nitro benzene ring substituents is 1. The second-order valence-corrected chi connectivity index (χ2v) is 8.28. The molecule has 0 bridgehead atoms. The number of benzene rings is 4. The monoisotopic (exact) mass is 459 g/mol. The quantitative estimate of drug-likeness (QED) is 0.226. The van der Waals surface area contributed by atoms with Crippen LogP contribution in [0.15, 0.2) is 103 Å². The van der Waals surface area contributed by atoms with Crippen LogP contribution in [0.2, 0.25) is 0 Å². The van der Waals surface area contributed by atoms with Gasteiger partial charge in [0, 0.05) is 34.3 Å². The Kier molecular flexibility index (Phi) is 5.77. The molecular weight excluding hydrogens is 438 g/mol. The number of fused-ring (bicyclic) bond motifs is 1. The van der Waals surface area contributed by atoms with Crippen molar-refractivity contribution in [2.24, 2.45) is 0 Å². The van der Waals surface area contributed by atoms with Gasteiger partial charge < -0.3 is 5.32 Å². The molecule has 6 nitrogen and oxygen atoms in total. The molecule has 5 aromatic rings. The number of hydrogen-bond donors (Lipinski definition) is 1. The first-order chi connectivity index (χ1) is 17.0. The maximum absolute atomic E-state index is 13.0. The van der Waals surface area contributed by atoms with E-state index in [1.165, 1.54) is 12.1 Å². The molecule has 0 fully saturated rings. The first-order valence-electron chi connectivity index (χ1n) is 11.1. The Morgan fingerprint density at radius 3 is 2.23 bits per heavy atom. The Hall–Kier alpha value is -4.84. The first-order valence-corrected chi connectivity index (χ1v) is 11.1. The predicted octanol–water partition coefficient (Wildman–Crippen LogP) is 7.04. The minimum absolute atomic E-state index is 0.0297. The van der Waals surface area contributed by atoms with Crippen molar-refractivity contribution in [2.75, 3.05) is 5.32 Å². The van der Waals surface area contributed by atoms with E-state index in [0.717, 1.165) is 38.8 Å². The highest BCUT2D eigenvalue weighted by molar-refractivity contribution is 6.08. The van der Waals surface area contributed by atoms with E-state index in [1.807, 2.05) is 79.7 Å². The highest BCUT2D eigenvalue weighted by atomic mass is 16.6. The van der Waals surface area contributed by atoms with Crippen LogP contribution in [0.4, 0.5) is 11.4 Å². The fourth-order valence-electron chi connectivity index (χ4n) is 3.97.